The fourth-order valence-electron chi connectivity index (χ4n) is 3.79. The van der Waals surface area contributed by atoms with Crippen molar-refractivity contribution in [3.8, 4) is 5.75 Å². The number of aryl methyl sites for hydroxylation is 2. The molecule has 3 rings (SSSR count). The van der Waals surface area contributed by atoms with Crippen molar-refractivity contribution in [1.82, 2.24) is 9.88 Å². The molecule has 1 aliphatic rings. The number of piperidine rings is 1. The highest BCUT2D eigenvalue weighted by Crippen LogP contribution is 2.24. The highest BCUT2D eigenvalue weighted by Gasteiger charge is 2.26. The third kappa shape index (κ3) is 4.74. The zero-order valence-electron chi connectivity index (χ0n) is 16.9. The fourth-order valence-corrected chi connectivity index (χ4v) is 3.79. The lowest BCUT2D eigenvalue weighted by Gasteiger charge is -2.32. The predicted molar refractivity (Wildman–Crippen MR) is 110 cm³/mol. The van der Waals surface area contributed by atoms with Crippen LogP contribution >= 0.6 is 0 Å². The van der Waals surface area contributed by atoms with Crippen LogP contribution in [0, 0.1) is 19.8 Å². The summed E-state index contributed by atoms with van der Waals surface area (Å²) in [4.78, 5) is 30.1. The Morgan fingerprint density at radius 1 is 1.29 bits per heavy atom. The van der Waals surface area contributed by atoms with E-state index in [1.807, 2.05) is 43.0 Å². The van der Waals surface area contributed by atoms with Gasteiger partial charge in [0, 0.05) is 37.1 Å². The lowest BCUT2D eigenvalue weighted by molar-refractivity contribution is -0.116. The van der Waals surface area contributed by atoms with Crippen LogP contribution in [0.4, 0.5) is 5.69 Å². The lowest BCUT2D eigenvalue weighted by atomic mass is 9.92. The smallest absolute Gasteiger partial charge is 0.255 e. The Labute approximate surface area is 166 Å². The summed E-state index contributed by atoms with van der Waals surface area (Å²) in [7, 11) is 1.63. The molecule has 1 aliphatic heterocycles. The second-order valence-electron chi connectivity index (χ2n) is 7.54. The van der Waals surface area contributed by atoms with E-state index in [0.717, 1.165) is 60.6 Å². The van der Waals surface area contributed by atoms with Crippen molar-refractivity contribution in [3.05, 3.63) is 47.3 Å². The number of carbonyl (C=O) groups excluding carboxylic acids is 2. The van der Waals surface area contributed by atoms with Crippen molar-refractivity contribution >= 4 is 17.5 Å². The average Bonchev–Trinajstić information content (AvgIpc) is 3.13. The number of methoxy groups -OCH3 is 1. The van der Waals surface area contributed by atoms with Gasteiger partial charge in [0.1, 0.15) is 5.75 Å². The number of hydrogen-bond donors (Lipinski definition) is 2. The van der Waals surface area contributed by atoms with Gasteiger partial charge in [0.25, 0.3) is 5.91 Å². The number of ether oxygens (including phenoxy) is 1. The van der Waals surface area contributed by atoms with Gasteiger partial charge in [-0.05, 0) is 68.9 Å². The molecule has 2 N–H and O–H groups in total. The number of H-pyrrole nitrogens is 1. The van der Waals surface area contributed by atoms with E-state index in [1.165, 1.54) is 0 Å². The maximum Gasteiger partial charge on any atom is 0.255 e. The van der Waals surface area contributed by atoms with Crippen molar-refractivity contribution in [2.24, 2.45) is 5.92 Å². The molecular formula is C22H29N3O3. The van der Waals surface area contributed by atoms with Crippen LogP contribution in [-0.2, 0) is 4.79 Å². The first-order valence-corrected chi connectivity index (χ1v) is 9.85. The van der Waals surface area contributed by atoms with E-state index < -0.39 is 0 Å². The monoisotopic (exact) mass is 383 g/mol. The summed E-state index contributed by atoms with van der Waals surface area (Å²) < 4.78 is 5.20. The van der Waals surface area contributed by atoms with Crippen molar-refractivity contribution in [1.29, 1.82) is 0 Å². The molecule has 0 saturated carbocycles. The second-order valence-corrected chi connectivity index (χ2v) is 7.54. The Balaban J connectivity index is 1.51. The van der Waals surface area contributed by atoms with Crippen molar-refractivity contribution < 1.29 is 14.3 Å². The van der Waals surface area contributed by atoms with Crippen LogP contribution in [0.5, 0.6) is 5.75 Å². The average molecular weight is 383 g/mol. The molecule has 6 nitrogen and oxygen atoms in total. The summed E-state index contributed by atoms with van der Waals surface area (Å²) in [5.74, 6) is 1.24. The third-order valence-electron chi connectivity index (χ3n) is 5.48. The highest BCUT2D eigenvalue weighted by atomic mass is 16.5. The number of likely N-dealkylation sites (tertiary alicyclic amines) is 1. The Morgan fingerprint density at radius 2 is 2.11 bits per heavy atom. The van der Waals surface area contributed by atoms with E-state index in [-0.39, 0.29) is 11.8 Å². The molecule has 1 aromatic carbocycles. The molecule has 2 aromatic rings. The Morgan fingerprint density at radius 3 is 2.79 bits per heavy atom. The van der Waals surface area contributed by atoms with Gasteiger partial charge in [0.15, 0.2) is 0 Å². The maximum atomic E-state index is 12.7. The Kier molecular flexibility index (Phi) is 6.39. The van der Waals surface area contributed by atoms with Gasteiger partial charge in [-0.3, -0.25) is 9.59 Å². The van der Waals surface area contributed by atoms with E-state index in [2.05, 4.69) is 10.3 Å². The molecule has 1 aromatic heterocycles. The molecule has 1 atom stereocenters. The summed E-state index contributed by atoms with van der Waals surface area (Å²) in [5, 5.41) is 2.99. The number of aromatic nitrogens is 1. The first-order valence-electron chi connectivity index (χ1n) is 9.85. The van der Waals surface area contributed by atoms with E-state index in [1.54, 1.807) is 13.3 Å². The number of anilines is 1. The van der Waals surface area contributed by atoms with Crippen LogP contribution in [0.1, 0.15) is 47.3 Å². The number of nitrogens with zero attached hydrogens (tertiary/aromatic N) is 1. The molecule has 28 heavy (non-hydrogen) atoms. The minimum Gasteiger partial charge on any atom is -0.497 e. The third-order valence-corrected chi connectivity index (χ3v) is 5.48. The van der Waals surface area contributed by atoms with Gasteiger partial charge in [-0.2, -0.15) is 0 Å². The van der Waals surface area contributed by atoms with E-state index >= 15 is 0 Å². The van der Waals surface area contributed by atoms with Gasteiger partial charge in [0.05, 0.1) is 12.7 Å². The number of rotatable bonds is 6. The molecule has 1 fully saturated rings. The molecule has 0 spiro atoms. The lowest BCUT2D eigenvalue weighted by Crippen LogP contribution is -2.40. The number of benzene rings is 1. The molecule has 2 heterocycles. The summed E-state index contributed by atoms with van der Waals surface area (Å²) in [6.07, 6.45) is 5.09. The Bertz CT molecular complexity index is 843. The molecular weight excluding hydrogens is 354 g/mol. The molecule has 0 bridgehead atoms. The van der Waals surface area contributed by atoms with Crippen LogP contribution in [-0.4, -0.2) is 41.9 Å². The van der Waals surface area contributed by atoms with Gasteiger partial charge in [-0.25, -0.2) is 0 Å². The molecule has 0 aliphatic carbocycles. The molecule has 0 unspecified atom stereocenters. The number of hydrogen-bond acceptors (Lipinski definition) is 3. The molecule has 150 valence electrons. The quantitative estimate of drug-likeness (QED) is 0.794. The summed E-state index contributed by atoms with van der Waals surface area (Å²) in [5.41, 5.74) is 3.44. The first-order chi connectivity index (χ1) is 13.5. The van der Waals surface area contributed by atoms with Gasteiger partial charge in [0.2, 0.25) is 5.91 Å². The van der Waals surface area contributed by atoms with E-state index in [9.17, 15) is 9.59 Å². The Hall–Kier alpha value is -2.76. The zero-order chi connectivity index (χ0) is 20.1. The van der Waals surface area contributed by atoms with Crippen LogP contribution in [0.25, 0.3) is 0 Å². The van der Waals surface area contributed by atoms with Crippen molar-refractivity contribution in [2.45, 2.75) is 39.5 Å². The van der Waals surface area contributed by atoms with Crippen LogP contribution in [0.2, 0.25) is 0 Å². The van der Waals surface area contributed by atoms with Gasteiger partial charge in [-0.1, -0.05) is 0 Å². The van der Waals surface area contributed by atoms with Crippen molar-refractivity contribution in [2.75, 3.05) is 25.5 Å². The van der Waals surface area contributed by atoms with Crippen LogP contribution in [0.15, 0.2) is 30.5 Å². The van der Waals surface area contributed by atoms with E-state index in [4.69, 9.17) is 4.74 Å². The largest absolute Gasteiger partial charge is 0.497 e. The first kappa shape index (κ1) is 20.0. The van der Waals surface area contributed by atoms with E-state index in [0.29, 0.717) is 12.3 Å². The number of aromatic amines is 1. The van der Waals surface area contributed by atoms with Gasteiger partial charge in [-0.15, -0.1) is 0 Å². The summed E-state index contributed by atoms with van der Waals surface area (Å²) in [6, 6.07) is 7.46. The van der Waals surface area contributed by atoms with Gasteiger partial charge >= 0.3 is 0 Å². The SMILES string of the molecule is COc1ccc(NC(=O)CC[C@H]2CCCN(C(=O)c3cc[nH]c3C)C2)c(C)c1. The fraction of sp³-hybridized carbons (Fsp3) is 0.455. The van der Waals surface area contributed by atoms with Crippen LogP contribution in [0.3, 0.4) is 0 Å². The highest BCUT2D eigenvalue weighted by molar-refractivity contribution is 5.95. The topological polar surface area (TPSA) is 74.4 Å². The summed E-state index contributed by atoms with van der Waals surface area (Å²) in [6.45, 7) is 5.38. The summed E-state index contributed by atoms with van der Waals surface area (Å²) >= 11 is 0. The molecule has 6 heteroatoms. The van der Waals surface area contributed by atoms with Gasteiger partial charge < -0.3 is 19.9 Å². The standard InChI is InChI=1S/C22H29N3O3/c1-15-13-18(28-3)7-8-20(15)24-21(26)9-6-17-5-4-12-25(14-17)22(27)19-10-11-23-16(19)2/h7-8,10-11,13,17,23H,4-6,9,12,14H2,1-3H3,(H,24,26)/t17-/m1/s1. The number of carbonyl (C=O) groups is 2. The predicted octanol–water partition coefficient (Wildman–Crippen LogP) is 3.91. The minimum absolute atomic E-state index is 0.0122. The number of amides is 2. The van der Waals surface area contributed by atoms with Crippen molar-refractivity contribution in [3.63, 3.8) is 0 Å². The maximum absolute atomic E-state index is 12.7. The molecule has 2 amide bonds. The molecule has 0 radical (unpaired) electrons. The zero-order valence-corrected chi connectivity index (χ0v) is 16.9. The second kappa shape index (κ2) is 8.95. The normalized spacial score (nSPS) is 16.7. The molecule has 1 saturated heterocycles. The number of nitrogens with one attached hydrogen (secondary N) is 2. The minimum atomic E-state index is 0.0122. The van der Waals surface area contributed by atoms with Crippen LogP contribution < -0.4 is 10.1 Å².